The molecule has 0 spiro atoms. The summed E-state index contributed by atoms with van der Waals surface area (Å²) < 4.78 is 0. The second-order valence-electron chi connectivity index (χ2n) is 4.92. The van der Waals surface area contributed by atoms with Crippen molar-refractivity contribution in [1.82, 2.24) is 4.98 Å². The number of fused-ring (bicyclic) bond motifs is 1. The van der Waals surface area contributed by atoms with Crippen molar-refractivity contribution in [3.05, 3.63) is 66.0 Å². The summed E-state index contributed by atoms with van der Waals surface area (Å²) in [7, 11) is 0. The molecule has 4 heteroatoms. The summed E-state index contributed by atoms with van der Waals surface area (Å²) in [6.07, 6.45) is 3.67. The number of hydrogen-bond acceptors (Lipinski definition) is 3. The molecule has 0 radical (unpaired) electrons. The summed E-state index contributed by atoms with van der Waals surface area (Å²) in [6.45, 7) is 2.00. The lowest BCUT2D eigenvalue weighted by Crippen LogP contribution is -2.11. The fourth-order valence-electron chi connectivity index (χ4n) is 2.40. The van der Waals surface area contributed by atoms with Crippen molar-refractivity contribution in [3.8, 4) is 0 Å². The highest BCUT2D eigenvalue weighted by atomic mass is 32.1. The van der Waals surface area contributed by atoms with Crippen LogP contribution in [-0.2, 0) is 0 Å². The lowest BCUT2D eigenvalue weighted by Gasteiger charge is -2.12. The Labute approximate surface area is 128 Å². The molecule has 0 saturated heterocycles. The number of nitrogens with zero attached hydrogens (tertiary/aromatic N) is 1. The monoisotopic (exact) mass is 293 g/mol. The molecule has 104 valence electrons. The van der Waals surface area contributed by atoms with Gasteiger partial charge >= 0.3 is 0 Å². The normalized spacial score (nSPS) is 10.5. The van der Waals surface area contributed by atoms with Crippen molar-refractivity contribution in [2.75, 3.05) is 5.32 Å². The van der Waals surface area contributed by atoms with Crippen LogP contribution in [0, 0.1) is 6.92 Å². The van der Waals surface area contributed by atoms with Gasteiger partial charge in [0.15, 0.2) is 0 Å². The van der Waals surface area contributed by atoms with E-state index >= 15 is 0 Å². The molecule has 0 aliphatic rings. The highest BCUT2D eigenvalue weighted by molar-refractivity contribution is 7.80. The van der Waals surface area contributed by atoms with Gasteiger partial charge in [0.05, 0.1) is 0 Å². The van der Waals surface area contributed by atoms with Crippen molar-refractivity contribution in [2.45, 2.75) is 6.92 Å². The third-order valence-electron chi connectivity index (χ3n) is 3.45. The first kappa shape index (κ1) is 13.5. The Balaban J connectivity index is 1.99. The van der Waals surface area contributed by atoms with Crippen LogP contribution in [0.15, 0.2) is 54.9 Å². The maximum absolute atomic E-state index is 5.69. The molecule has 21 heavy (non-hydrogen) atoms. The molecule has 0 bridgehead atoms. The molecule has 0 saturated carbocycles. The number of aromatic nitrogens is 1. The molecule has 0 aliphatic heterocycles. The second kappa shape index (κ2) is 5.50. The number of thiocarbonyl (C=S) groups is 1. The van der Waals surface area contributed by atoms with E-state index in [-0.39, 0.29) is 0 Å². The first-order chi connectivity index (χ1) is 10.1. The van der Waals surface area contributed by atoms with Gasteiger partial charge in [0.2, 0.25) is 0 Å². The van der Waals surface area contributed by atoms with Gasteiger partial charge < -0.3 is 11.1 Å². The van der Waals surface area contributed by atoms with Crippen molar-refractivity contribution >= 4 is 39.4 Å². The van der Waals surface area contributed by atoms with E-state index < -0.39 is 0 Å². The van der Waals surface area contributed by atoms with E-state index in [4.69, 9.17) is 18.0 Å². The minimum absolute atomic E-state index is 0.424. The Morgan fingerprint density at radius 1 is 1.19 bits per heavy atom. The van der Waals surface area contributed by atoms with Gasteiger partial charge in [-0.15, -0.1) is 0 Å². The smallest absolute Gasteiger partial charge is 0.104 e. The predicted octanol–water partition coefficient (Wildman–Crippen LogP) is 3.92. The van der Waals surface area contributed by atoms with E-state index in [0.717, 1.165) is 33.3 Å². The van der Waals surface area contributed by atoms with Crippen LogP contribution in [0.25, 0.3) is 10.8 Å². The summed E-state index contributed by atoms with van der Waals surface area (Å²) in [5.41, 5.74) is 9.70. The maximum Gasteiger partial charge on any atom is 0.104 e. The van der Waals surface area contributed by atoms with Gasteiger partial charge in [-0.1, -0.05) is 24.4 Å². The average Bonchev–Trinajstić information content (AvgIpc) is 2.47. The molecule has 1 aromatic heterocycles. The topological polar surface area (TPSA) is 50.9 Å². The standard InChI is InChI=1S/C17H15N3S/c1-11-9-13(5-6-14(11)17(18)21)20-16-4-2-3-12-7-8-19-10-15(12)16/h2-10,20H,1H3,(H2,18,21). The fourth-order valence-corrected chi connectivity index (χ4v) is 2.62. The Morgan fingerprint density at radius 3 is 2.81 bits per heavy atom. The predicted molar refractivity (Wildman–Crippen MR) is 92.1 cm³/mol. The van der Waals surface area contributed by atoms with Crippen molar-refractivity contribution in [2.24, 2.45) is 5.73 Å². The lowest BCUT2D eigenvalue weighted by molar-refractivity contribution is 1.36. The zero-order valence-corrected chi connectivity index (χ0v) is 12.4. The summed E-state index contributed by atoms with van der Waals surface area (Å²) >= 11 is 5.03. The van der Waals surface area contributed by atoms with Gasteiger partial charge in [-0.3, -0.25) is 4.98 Å². The summed E-state index contributed by atoms with van der Waals surface area (Å²) in [4.78, 5) is 4.62. The molecule has 0 unspecified atom stereocenters. The van der Waals surface area contributed by atoms with Crippen LogP contribution >= 0.6 is 12.2 Å². The van der Waals surface area contributed by atoms with Crippen molar-refractivity contribution in [1.29, 1.82) is 0 Å². The highest BCUT2D eigenvalue weighted by Gasteiger charge is 2.05. The maximum atomic E-state index is 5.69. The molecule has 3 nitrogen and oxygen atoms in total. The van der Waals surface area contributed by atoms with Crippen LogP contribution in [0.4, 0.5) is 11.4 Å². The van der Waals surface area contributed by atoms with E-state index in [1.54, 1.807) is 6.20 Å². The number of rotatable bonds is 3. The largest absolute Gasteiger partial charge is 0.389 e. The minimum Gasteiger partial charge on any atom is -0.389 e. The van der Waals surface area contributed by atoms with E-state index in [0.29, 0.717) is 4.99 Å². The van der Waals surface area contributed by atoms with Crippen LogP contribution in [-0.4, -0.2) is 9.97 Å². The summed E-state index contributed by atoms with van der Waals surface area (Å²) in [5.74, 6) is 0. The first-order valence-corrected chi connectivity index (χ1v) is 7.06. The van der Waals surface area contributed by atoms with Crippen LogP contribution < -0.4 is 11.1 Å². The van der Waals surface area contributed by atoms with E-state index in [1.807, 2.05) is 49.5 Å². The van der Waals surface area contributed by atoms with Gasteiger partial charge in [-0.05, 0) is 48.2 Å². The molecular weight excluding hydrogens is 278 g/mol. The van der Waals surface area contributed by atoms with Gasteiger partial charge in [0.25, 0.3) is 0 Å². The molecule has 0 fully saturated rings. The fraction of sp³-hybridized carbons (Fsp3) is 0.0588. The summed E-state index contributed by atoms with van der Waals surface area (Å²) in [5, 5.41) is 5.68. The number of hydrogen-bond donors (Lipinski definition) is 2. The number of anilines is 2. The quantitative estimate of drug-likeness (QED) is 0.719. The SMILES string of the molecule is Cc1cc(Nc2cccc3ccncc23)ccc1C(N)=S. The van der Waals surface area contributed by atoms with Crippen LogP contribution in [0.2, 0.25) is 0 Å². The third-order valence-corrected chi connectivity index (χ3v) is 3.67. The molecule has 2 aromatic carbocycles. The average molecular weight is 293 g/mol. The zero-order valence-electron chi connectivity index (χ0n) is 11.6. The van der Waals surface area contributed by atoms with Crippen LogP contribution in [0.5, 0.6) is 0 Å². The second-order valence-corrected chi connectivity index (χ2v) is 5.36. The molecule has 0 aliphatic carbocycles. The molecule has 0 atom stereocenters. The number of nitrogens with two attached hydrogens (primary N) is 1. The van der Waals surface area contributed by atoms with Gasteiger partial charge in [0, 0.05) is 34.7 Å². The lowest BCUT2D eigenvalue weighted by atomic mass is 10.1. The highest BCUT2D eigenvalue weighted by Crippen LogP contribution is 2.26. The first-order valence-electron chi connectivity index (χ1n) is 6.65. The van der Waals surface area contributed by atoms with E-state index in [2.05, 4.69) is 16.4 Å². The molecule has 0 amide bonds. The molecule has 3 rings (SSSR count). The third kappa shape index (κ3) is 2.71. The van der Waals surface area contributed by atoms with Gasteiger partial charge in [-0.25, -0.2) is 0 Å². The Morgan fingerprint density at radius 2 is 2.05 bits per heavy atom. The molecule has 1 heterocycles. The zero-order chi connectivity index (χ0) is 14.8. The van der Waals surface area contributed by atoms with Crippen LogP contribution in [0.3, 0.4) is 0 Å². The minimum atomic E-state index is 0.424. The number of benzene rings is 2. The van der Waals surface area contributed by atoms with Crippen LogP contribution in [0.1, 0.15) is 11.1 Å². The summed E-state index contributed by atoms with van der Waals surface area (Å²) in [6, 6.07) is 14.1. The van der Waals surface area contributed by atoms with Crippen molar-refractivity contribution in [3.63, 3.8) is 0 Å². The Bertz CT molecular complexity index is 822. The van der Waals surface area contributed by atoms with Gasteiger partial charge in [0.1, 0.15) is 4.99 Å². The molecule has 3 N–H and O–H groups in total. The van der Waals surface area contributed by atoms with E-state index in [9.17, 15) is 0 Å². The van der Waals surface area contributed by atoms with Crippen molar-refractivity contribution < 1.29 is 0 Å². The van der Waals surface area contributed by atoms with Gasteiger partial charge in [-0.2, -0.15) is 0 Å². The Kier molecular flexibility index (Phi) is 3.54. The molecular formula is C17H15N3S. The Hall–Kier alpha value is -2.46. The number of nitrogens with one attached hydrogen (secondary N) is 1. The number of pyridine rings is 1. The number of aryl methyl sites for hydroxylation is 1. The van der Waals surface area contributed by atoms with E-state index in [1.165, 1.54) is 0 Å². The molecule has 3 aromatic rings.